The van der Waals surface area contributed by atoms with Gasteiger partial charge in [-0.05, 0) is 35.9 Å². The number of thiophene rings is 1. The molecule has 0 N–H and O–H groups in total. The minimum absolute atomic E-state index is 0.286. The SMILES string of the molecule is CCc1cc2c(Sc3nccn3C)nc(Cl)nc2s1. The van der Waals surface area contributed by atoms with Crippen molar-refractivity contribution in [3.8, 4) is 0 Å². The van der Waals surface area contributed by atoms with Gasteiger partial charge in [0.05, 0.1) is 0 Å². The number of aryl methyl sites for hydroxylation is 2. The van der Waals surface area contributed by atoms with Crippen LogP contribution in [0.1, 0.15) is 11.8 Å². The van der Waals surface area contributed by atoms with Crippen LogP contribution in [0.5, 0.6) is 0 Å². The van der Waals surface area contributed by atoms with Crippen LogP contribution in [-0.4, -0.2) is 19.5 Å². The zero-order valence-electron chi connectivity index (χ0n) is 10.4. The maximum Gasteiger partial charge on any atom is 0.224 e. The molecule has 0 aliphatic carbocycles. The minimum atomic E-state index is 0.286. The lowest BCUT2D eigenvalue weighted by molar-refractivity contribution is 0.789. The normalized spacial score (nSPS) is 11.3. The first kappa shape index (κ1) is 12.9. The van der Waals surface area contributed by atoms with Crippen molar-refractivity contribution in [2.45, 2.75) is 23.5 Å². The average Bonchev–Trinajstić information content (AvgIpc) is 2.96. The number of hydrogen-bond donors (Lipinski definition) is 0. The van der Waals surface area contributed by atoms with Crippen molar-refractivity contribution in [1.29, 1.82) is 0 Å². The van der Waals surface area contributed by atoms with Gasteiger partial charge in [0.2, 0.25) is 5.28 Å². The lowest BCUT2D eigenvalue weighted by Crippen LogP contribution is -1.91. The molecule has 98 valence electrons. The number of nitrogens with zero attached hydrogens (tertiary/aromatic N) is 4. The van der Waals surface area contributed by atoms with E-state index in [2.05, 4.69) is 27.9 Å². The lowest BCUT2D eigenvalue weighted by Gasteiger charge is -2.02. The fourth-order valence-corrected chi connectivity index (χ4v) is 3.90. The van der Waals surface area contributed by atoms with Crippen LogP contribution in [0, 0.1) is 0 Å². The van der Waals surface area contributed by atoms with Gasteiger partial charge in [-0.15, -0.1) is 11.3 Å². The molecular formula is C12H11ClN4S2. The van der Waals surface area contributed by atoms with E-state index in [1.807, 2.05) is 17.8 Å². The predicted molar refractivity (Wildman–Crippen MR) is 79.1 cm³/mol. The van der Waals surface area contributed by atoms with Gasteiger partial charge in [0.1, 0.15) is 9.86 Å². The van der Waals surface area contributed by atoms with E-state index in [1.54, 1.807) is 17.5 Å². The van der Waals surface area contributed by atoms with Gasteiger partial charge in [-0.3, -0.25) is 0 Å². The number of hydrogen-bond acceptors (Lipinski definition) is 5. The first-order valence-electron chi connectivity index (χ1n) is 5.78. The van der Waals surface area contributed by atoms with E-state index in [9.17, 15) is 0 Å². The molecule has 3 rings (SSSR count). The molecule has 0 saturated carbocycles. The largest absolute Gasteiger partial charge is 0.329 e. The van der Waals surface area contributed by atoms with Crippen LogP contribution in [0.25, 0.3) is 10.2 Å². The Kier molecular flexibility index (Phi) is 3.47. The molecule has 3 aromatic rings. The predicted octanol–water partition coefficient (Wildman–Crippen LogP) is 3.79. The van der Waals surface area contributed by atoms with Crippen molar-refractivity contribution in [3.05, 3.63) is 28.6 Å². The van der Waals surface area contributed by atoms with Crippen LogP contribution in [0.3, 0.4) is 0 Å². The molecule has 0 bridgehead atoms. The molecule has 0 fully saturated rings. The number of rotatable bonds is 3. The third-order valence-corrected chi connectivity index (χ3v) is 5.12. The van der Waals surface area contributed by atoms with Crippen LogP contribution >= 0.6 is 34.7 Å². The molecule has 3 aromatic heterocycles. The van der Waals surface area contributed by atoms with Crippen LogP contribution in [-0.2, 0) is 13.5 Å². The Morgan fingerprint density at radius 3 is 2.95 bits per heavy atom. The summed E-state index contributed by atoms with van der Waals surface area (Å²) in [5.74, 6) is 0. The molecule has 0 atom stereocenters. The molecule has 0 unspecified atom stereocenters. The summed E-state index contributed by atoms with van der Waals surface area (Å²) in [5, 5.41) is 3.09. The summed E-state index contributed by atoms with van der Waals surface area (Å²) in [7, 11) is 1.96. The van der Waals surface area contributed by atoms with Crippen LogP contribution in [0.2, 0.25) is 5.28 Å². The molecule has 7 heteroatoms. The Morgan fingerprint density at radius 1 is 1.42 bits per heavy atom. The summed E-state index contributed by atoms with van der Waals surface area (Å²) in [5.41, 5.74) is 0. The Morgan fingerprint density at radius 2 is 2.26 bits per heavy atom. The van der Waals surface area contributed by atoms with E-state index < -0.39 is 0 Å². The third-order valence-electron chi connectivity index (χ3n) is 2.69. The molecule has 0 aliphatic heterocycles. The summed E-state index contributed by atoms with van der Waals surface area (Å²) in [6.45, 7) is 2.13. The summed E-state index contributed by atoms with van der Waals surface area (Å²) in [4.78, 5) is 15.1. The van der Waals surface area contributed by atoms with Gasteiger partial charge in [0.15, 0.2) is 5.16 Å². The fraction of sp³-hybridized carbons (Fsp3) is 0.250. The Balaban J connectivity index is 2.11. The topological polar surface area (TPSA) is 43.6 Å². The van der Waals surface area contributed by atoms with Gasteiger partial charge in [-0.2, -0.15) is 0 Å². The monoisotopic (exact) mass is 310 g/mol. The number of fused-ring (bicyclic) bond motifs is 1. The molecule has 0 spiro atoms. The Hall–Kier alpha value is -1.11. The van der Waals surface area contributed by atoms with E-state index >= 15 is 0 Å². The second-order valence-electron chi connectivity index (χ2n) is 4.01. The van der Waals surface area contributed by atoms with Crippen molar-refractivity contribution in [1.82, 2.24) is 19.5 Å². The van der Waals surface area contributed by atoms with E-state index in [0.29, 0.717) is 0 Å². The van der Waals surface area contributed by atoms with Crippen LogP contribution in [0.15, 0.2) is 28.6 Å². The smallest absolute Gasteiger partial charge is 0.224 e. The molecule has 0 aromatic carbocycles. The van der Waals surface area contributed by atoms with Crippen LogP contribution in [0.4, 0.5) is 0 Å². The maximum absolute atomic E-state index is 6.00. The molecule has 19 heavy (non-hydrogen) atoms. The van der Waals surface area contributed by atoms with Gasteiger partial charge < -0.3 is 4.57 Å². The van der Waals surface area contributed by atoms with Crippen molar-refractivity contribution >= 4 is 44.9 Å². The van der Waals surface area contributed by atoms with Crippen molar-refractivity contribution in [2.24, 2.45) is 7.05 Å². The van der Waals surface area contributed by atoms with Crippen molar-refractivity contribution in [2.75, 3.05) is 0 Å². The van der Waals surface area contributed by atoms with Gasteiger partial charge >= 0.3 is 0 Å². The summed E-state index contributed by atoms with van der Waals surface area (Å²) < 4.78 is 1.96. The summed E-state index contributed by atoms with van der Waals surface area (Å²) in [6.07, 6.45) is 4.67. The third kappa shape index (κ3) is 2.48. The van der Waals surface area contributed by atoms with Gasteiger partial charge in [-0.1, -0.05) is 6.92 Å². The van der Waals surface area contributed by atoms with E-state index in [1.165, 1.54) is 16.6 Å². The second-order valence-corrected chi connectivity index (χ2v) is 6.41. The van der Waals surface area contributed by atoms with E-state index in [-0.39, 0.29) is 5.28 Å². The quantitative estimate of drug-likeness (QED) is 0.545. The number of aromatic nitrogens is 4. The van der Waals surface area contributed by atoms with E-state index in [0.717, 1.165) is 26.8 Å². The Labute approximate surface area is 123 Å². The first-order chi connectivity index (χ1) is 9.17. The average molecular weight is 311 g/mol. The lowest BCUT2D eigenvalue weighted by atomic mass is 10.3. The second kappa shape index (κ2) is 5.11. The highest BCUT2D eigenvalue weighted by molar-refractivity contribution is 7.99. The first-order valence-corrected chi connectivity index (χ1v) is 7.79. The standard InChI is InChI=1S/C12H11ClN4S2/c1-3-7-6-8-9(18-7)15-11(13)16-10(8)19-12-14-4-5-17(12)2/h4-6H,3H2,1-2H3. The van der Waals surface area contributed by atoms with Gasteiger partial charge in [0, 0.05) is 29.7 Å². The zero-order chi connectivity index (χ0) is 13.4. The molecule has 0 amide bonds. The Bertz CT molecular complexity index is 734. The van der Waals surface area contributed by atoms with Crippen LogP contribution < -0.4 is 0 Å². The molecule has 3 heterocycles. The highest BCUT2D eigenvalue weighted by atomic mass is 35.5. The molecule has 0 saturated heterocycles. The summed E-state index contributed by atoms with van der Waals surface area (Å²) in [6, 6.07) is 2.14. The minimum Gasteiger partial charge on any atom is -0.329 e. The van der Waals surface area contributed by atoms with Crippen molar-refractivity contribution < 1.29 is 0 Å². The van der Waals surface area contributed by atoms with Crippen molar-refractivity contribution in [3.63, 3.8) is 0 Å². The highest BCUT2D eigenvalue weighted by Gasteiger charge is 2.13. The molecular weight excluding hydrogens is 300 g/mol. The fourth-order valence-electron chi connectivity index (χ4n) is 1.71. The van der Waals surface area contributed by atoms with Gasteiger partial charge in [0.25, 0.3) is 0 Å². The molecule has 4 nitrogen and oxygen atoms in total. The van der Waals surface area contributed by atoms with E-state index in [4.69, 9.17) is 11.6 Å². The molecule has 0 aliphatic rings. The zero-order valence-corrected chi connectivity index (χ0v) is 12.8. The van der Waals surface area contributed by atoms with Gasteiger partial charge in [-0.25, -0.2) is 15.0 Å². The maximum atomic E-state index is 6.00. The molecule has 0 radical (unpaired) electrons. The summed E-state index contributed by atoms with van der Waals surface area (Å²) >= 11 is 9.18. The number of halogens is 1. The number of imidazole rings is 1. The highest BCUT2D eigenvalue weighted by Crippen LogP contribution is 2.35.